The lowest BCUT2D eigenvalue weighted by atomic mass is 10.1. The second kappa shape index (κ2) is 7.94. The summed E-state index contributed by atoms with van der Waals surface area (Å²) >= 11 is 0. The van der Waals surface area contributed by atoms with E-state index in [1.165, 1.54) is 0 Å². The quantitative estimate of drug-likeness (QED) is 0.667. The average molecular weight is 350 g/mol. The van der Waals surface area contributed by atoms with Crippen molar-refractivity contribution in [1.29, 1.82) is 0 Å². The Morgan fingerprint density at radius 1 is 1.25 bits per heavy atom. The number of hydrogen-bond donors (Lipinski definition) is 4. The summed E-state index contributed by atoms with van der Waals surface area (Å²) in [7, 11) is 0. The zero-order chi connectivity index (χ0) is 16.2. The van der Waals surface area contributed by atoms with E-state index in [4.69, 9.17) is 0 Å². The predicted molar refractivity (Wildman–Crippen MR) is 93.2 cm³/mol. The number of carbonyl (C=O) groups excluding carboxylic acids is 2. The Labute approximate surface area is 146 Å². The number of aromatic nitrogens is 2. The fourth-order valence-electron chi connectivity index (χ4n) is 2.52. The lowest BCUT2D eigenvalue weighted by Gasteiger charge is -2.15. The molecule has 24 heavy (non-hydrogen) atoms. The molecule has 128 valence electrons. The highest BCUT2D eigenvalue weighted by molar-refractivity contribution is 6.00. The van der Waals surface area contributed by atoms with Crippen LogP contribution in [0.1, 0.15) is 28.7 Å². The first-order valence-electron chi connectivity index (χ1n) is 7.59. The summed E-state index contributed by atoms with van der Waals surface area (Å²) in [5, 5.41) is 15.6. The molecular weight excluding hydrogens is 330 g/mol. The van der Waals surface area contributed by atoms with Gasteiger partial charge in [-0.25, -0.2) is 0 Å². The molecule has 0 fully saturated rings. The van der Waals surface area contributed by atoms with Crippen molar-refractivity contribution in [1.82, 2.24) is 20.8 Å². The molecule has 1 atom stereocenters. The zero-order valence-corrected chi connectivity index (χ0v) is 14.1. The fraction of sp³-hybridized carbons (Fsp3) is 0.312. The first kappa shape index (κ1) is 18.0. The second-order valence-corrected chi connectivity index (χ2v) is 5.51. The van der Waals surface area contributed by atoms with Crippen LogP contribution in [0.2, 0.25) is 0 Å². The summed E-state index contributed by atoms with van der Waals surface area (Å²) in [5.41, 5.74) is 2.91. The van der Waals surface area contributed by atoms with Crippen LogP contribution in [-0.4, -0.2) is 34.6 Å². The van der Waals surface area contributed by atoms with Crippen molar-refractivity contribution < 1.29 is 9.59 Å². The summed E-state index contributed by atoms with van der Waals surface area (Å²) in [6.07, 6.45) is 0.819. The van der Waals surface area contributed by atoms with Crippen LogP contribution >= 0.6 is 12.4 Å². The van der Waals surface area contributed by atoms with E-state index >= 15 is 0 Å². The minimum absolute atomic E-state index is 0. The minimum atomic E-state index is -0.661. The number of nitrogens with zero attached hydrogens (tertiary/aromatic N) is 1. The van der Waals surface area contributed by atoms with Gasteiger partial charge in [0.2, 0.25) is 5.91 Å². The zero-order valence-electron chi connectivity index (χ0n) is 13.3. The molecule has 2 heterocycles. The van der Waals surface area contributed by atoms with E-state index in [-0.39, 0.29) is 24.2 Å². The number of fused-ring (bicyclic) bond motifs is 1. The van der Waals surface area contributed by atoms with Crippen molar-refractivity contribution >= 4 is 29.9 Å². The average Bonchev–Trinajstić information content (AvgIpc) is 2.99. The van der Waals surface area contributed by atoms with Gasteiger partial charge in [0.1, 0.15) is 6.04 Å². The monoisotopic (exact) mass is 349 g/mol. The van der Waals surface area contributed by atoms with Crippen LogP contribution in [0.5, 0.6) is 0 Å². The summed E-state index contributed by atoms with van der Waals surface area (Å²) in [6.45, 7) is 3.12. The van der Waals surface area contributed by atoms with Gasteiger partial charge in [0.15, 0.2) is 5.69 Å². The van der Waals surface area contributed by atoms with E-state index in [9.17, 15) is 9.59 Å². The number of amides is 2. The molecule has 2 amide bonds. The van der Waals surface area contributed by atoms with Crippen molar-refractivity contribution in [2.24, 2.45) is 0 Å². The third-order valence-electron chi connectivity index (χ3n) is 3.80. The maximum absolute atomic E-state index is 12.3. The molecule has 8 heteroatoms. The third kappa shape index (κ3) is 3.93. The molecule has 0 saturated heterocycles. The van der Waals surface area contributed by atoms with Crippen molar-refractivity contribution in [3.05, 3.63) is 47.3 Å². The molecule has 3 rings (SSSR count). The molecule has 1 aromatic heterocycles. The first-order valence-corrected chi connectivity index (χ1v) is 7.59. The van der Waals surface area contributed by atoms with Gasteiger partial charge >= 0.3 is 0 Å². The Morgan fingerprint density at radius 3 is 2.75 bits per heavy atom. The van der Waals surface area contributed by atoms with Gasteiger partial charge in [-0.2, -0.15) is 5.10 Å². The van der Waals surface area contributed by atoms with Crippen molar-refractivity contribution in [3.63, 3.8) is 0 Å². The highest BCUT2D eigenvalue weighted by atomic mass is 35.5. The Balaban J connectivity index is 0.00000208. The summed E-state index contributed by atoms with van der Waals surface area (Å²) < 4.78 is 0. The number of benzene rings is 1. The molecule has 1 aromatic carbocycles. The maximum Gasteiger partial charge on any atom is 0.272 e. The van der Waals surface area contributed by atoms with E-state index in [0.717, 1.165) is 24.2 Å². The van der Waals surface area contributed by atoms with Gasteiger partial charge in [-0.15, -0.1) is 12.4 Å². The van der Waals surface area contributed by atoms with Gasteiger partial charge in [-0.3, -0.25) is 14.7 Å². The van der Waals surface area contributed by atoms with E-state index < -0.39 is 6.04 Å². The van der Waals surface area contributed by atoms with E-state index in [1.807, 2.05) is 18.2 Å². The number of rotatable bonds is 4. The van der Waals surface area contributed by atoms with Gasteiger partial charge in [0.05, 0.1) is 0 Å². The molecule has 4 N–H and O–H groups in total. The van der Waals surface area contributed by atoms with Crippen LogP contribution in [0, 0.1) is 0 Å². The number of H-pyrrole nitrogens is 1. The summed E-state index contributed by atoms with van der Waals surface area (Å²) in [4.78, 5) is 24.5. The molecule has 1 aliphatic heterocycles. The van der Waals surface area contributed by atoms with E-state index in [2.05, 4.69) is 26.1 Å². The highest BCUT2D eigenvalue weighted by Crippen LogP contribution is 2.15. The largest absolute Gasteiger partial charge is 0.339 e. The van der Waals surface area contributed by atoms with Crippen LogP contribution in [0.25, 0.3) is 0 Å². The number of carbonyl (C=O) groups is 2. The van der Waals surface area contributed by atoms with Crippen molar-refractivity contribution in [3.8, 4) is 0 Å². The van der Waals surface area contributed by atoms with Crippen LogP contribution in [0.3, 0.4) is 0 Å². The van der Waals surface area contributed by atoms with E-state index in [0.29, 0.717) is 17.9 Å². The molecule has 2 aromatic rings. The van der Waals surface area contributed by atoms with Crippen LogP contribution in [0.15, 0.2) is 30.3 Å². The lowest BCUT2D eigenvalue weighted by molar-refractivity contribution is -0.117. The Bertz CT molecular complexity index is 717. The number of aromatic amines is 1. The van der Waals surface area contributed by atoms with Gasteiger partial charge in [0.25, 0.3) is 5.91 Å². The van der Waals surface area contributed by atoms with Crippen LogP contribution in [-0.2, 0) is 17.8 Å². The first-order chi connectivity index (χ1) is 11.1. The molecule has 7 nitrogen and oxygen atoms in total. The summed E-state index contributed by atoms with van der Waals surface area (Å²) in [5.74, 6) is -0.617. The predicted octanol–water partition coefficient (Wildman–Crippen LogP) is 1.23. The Morgan fingerprint density at radius 2 is 2.00 bits per heavy atom. The SMILES string of the molecule is CC(NC(=O)c1n[nH]c2c1CNCC2)C(=O)Nc1ccccc1.Cl. The normalized spacial score (nSPS) is 14.0. The number of para-hydroxylation sites is 1. The number of nitrogens with one attached hydrogen (secondary N) is 4. The van der Waals surface area contributed by atoms with Gasteiger partial charge in [-0.05, 0) is 19.1 Å². The second-order valence-electron chi connectivity index (χ2n) is 5.51. The smallest absolute Gasteiger partial charge is 0.272 e. The number of anilines is 1. The molecule has 0 aliphatic carbocycles. The summed E-state index contributed by atoms with van der Waals surface area (Å²) in [6, 6.07) is 8.47. The molecule has 1 aliphatic rings. The molecule has 0 bridgehead atoms. The third-order valence-corrected chi connectivity index (χ3v) is 3.80. The van der Waals surface area contributed by atoms with Crippen molar-refractivity contribution in [2.75, 3.05) is 11.9 Å². The standard InChI is InChI=1S/C16H19N5O2.ClH/c1-10(15(22)19-11-5-3-2-4-6-11)18-16(23)14-12-9-17-8-7-13(12)20-21-14;/h2-6,10,17H,7-9H2,1H3,(H,18,23)(H,19,22)(H,20,21);1H. The van der Waals surface area contributed by atoms with Gasteiger partial charge < -0.3 is 16.0 Å². The van der Waals surface area contributed by atoms with Crippen LogP contribution in [0.4, 0.5) is 5.69 Å². The Kier molecular flexibility index (Phi) is 5.94. The maximum atomic E-state index is 12.3. The Hall–Kier alpha value is -2.38. The van der Waals surface area contributed by atoms with Gasteiger partial charge in [-0.1, -0.05) is 18.2 Å². The van der Waals surface area contributed by atoms with Gasteiger partial charge in [0, 0.05) is 36.5 Å². The molecule has 1 unspecified atom stereocenters. The topological polar surface area (TPSA) is 98.9 Å². The van der Waals surface area contributed by atoms with Crippen LogP contribution < -0.4 is 16.0 Å². The minimum Gasteiger partial charge on any atom is -0.339 e. The number of halogens is 1. The molecule has 0 radical (unpaired) electrons. The molecule has 0 spiro atoms. The highest BCUT2D eigenvalue weighted by Gasteiger charge is 2.24. The fourth-order valence-corrected chi connectivity index (χ4v) is 2.52. The van der Waals surface area contributed by atoms with Crippen molar-refractivity contribution in [2.45, 2.75) is 25.9 Å². The van der Waals surface area contributed by atoms with E-state index in [1.54, 1.807) is 19.1 Å². The molecular formula is C16H20ClN5O2. The molecule has 0 saturated carbocycles. The number of hydrogen-bond acceptors (Lipinski definition) is 4. The lowest BCUT2D eigenvalue weighted by Crippen LogP contribution is -2.42.